The van der Waals surface area contributed by atoms with E-state index in [1.54, 1.807) is 31.4 Å². The second kappa shape index (κ2) is 9.68. The first-order valence-corrected chi connectivity index (χ1v) is 10.0. The van der Waals surface area contributed by atoms with Crippen molar-refractivity contribution in [1.82, 2.24) is 0 Å². The number of rotatable bonds is 7. The van der Waals surface area contributed by atoms with Crippen LogP contribution in [0.4, 0.5) is 5.69 Å². The second-order valence-corrected chi connectivity index (χ2v) is 7.81. The summed E-state index contributed by atoms with van der Waals surface area (Å²) in [5, 5.41) is 14.3. The molecular weight excluding hydrogens is 456 g/mol. The number of hydrogen-bond acceptors (Lipinski definition) is 4. The Morgan fingerprint density at radius 2 is 1.59 bits per heavy atom. The first-order chi connectivity index (χ1) is 13.9. The highest BCUT2D eigenvalue weighted by molar-refractivity contribution is 6.37. The van der Waals surface area contributed by atoms with Gasteiger partial charge in [-0.1, -0.05) is 58.5 Å². The minimum Gasteiger partial charge on any atom is -0.505 e. The smallest absolute Gasteiger partial charge is 0.161 e. The molecule has 0 unspecified atom stereocenters. The Kier molecular flexibility index (Phi) is 7.25. The molecule has 29 heavy (non-hydrogen) atoms. The standard InChI is InChI=1S/C21H17Cl4NO3/c1-28-20-6-12(10-26-15-8-17(24)21(27)18(25)9-15)2-5-19(20)29-11-13-3-4-14(22)7-16(13)23/h2-9,26-27H,10-11H2,1H3. The van der Waals surface area contributed by atoms with Crippen LogP contribution < -0.4 is 14.8 Å². The van der Waals surface area contributed by atoms with Gasteiger partial charge in [0, 0.05) is 27.8 Å². The number of hydrogen-bond donors (Lipinski definition) is 2. The molecule has 0 spiro atoms. The van der Waals surface area contributed by atoms with Gasteiger partial charge in [0.25, 0.3) is 0 Å². The lowest BCUT2D eigenvalue weighted by Crippen LogP contribution is -2.02. The molecule has 0 radical (unpaired) electrons. The van der Waals surface area contributed by atoms with Crippen molar-refractivity contribution in [2.75, 3.05) is 12.4 Å². The molecule has 3 aromatic rings. The minimum absolute atomic E-state index is 0.136. The van der Waals surface area contributed by atoms with E-state index in [4.69, 9.17) is 55.9 Å². The van der Waals surface area contributed by atoms with Gasteiger partial charge >= 0.3 is 0 Å². The van der Waals surface area contributed by atoms with Crippen LogP contribution in [0, 0.1) is 0 Å². The number of ether oxygens (including phenoxy) is 2. The van der Waals surface area contributed by atoms with E-state index in [9.17, 15) is 5.11 Å². The Balaban J connectivity index is 1.68. The number of phenolic OH excluding ortho intramolecular Hbond substituents is 1. The molecule has 4 nitrogen and oxygen atoms in total. The van der Waals surface area contributed by atoms with Gasteiger partial charge in [-0.25, -0.2) is 0 Å². The molecule has 0 aliphatic heterocycles. The largest absolute Gasteiger partial charge is 0.505 e. The minimum atomic E-state index is -0.136. The average molecular weight is 473 g/mol. The summed E-state index contributed by atoms with van der Waals surface area (Å²) in [6.45, 7) is 0.783. The van der Waals surface area contributed by atoms with Crippen LogP contribution in [0.2, 0.25) is 20.1 Å². The summed E-state index contributed by atoms with van der Waals surface area (Å²) in [5.74, 6) is 1.05. The highest BCUT2D eigenvalue weighted by Gasteiger charge is 2.10. The first kappa shape index (κ1) is 21.7. The Hall–Kier alpha value is -1.98. The zero-order chi connectivity index (χ0) is 21.0. The van der Waals surface area contributed by atoms with Crippen LogP contribution in [0.1, 0.15) is 11.1 Å². The lowest BCUT2D eigenvalue weighted by atomic mass is 10.2. The zero-order valence-electron chi connectivity index (χ0n) is 15.3. The third kappa shape index (κ3) is 5.55. The fourth-order valence-corrected chi connectivity index (χ4v) is 3.56. The fraction of sp³-hybridized carbons (Fsp3) is 0.143. The Labute approximate surface area is 188 Å². The van der Waals surface area contributed by atoms with E-state index in [1.807, 2.05) is 24.3 Å². The average Bonchev–Trinajstić information content (AvgIpc) is 2.70. The predicted molar refractivity (Wildman–Crippen MR) is 119 cm³/mol. The number of nitrogens with one attached hydrogen (secondary N) is 1. The normalized spacial score (nSPS) is 10.7. The van der Waals surface area contributed by atoms with Crippen LogP contribution >= 0.6 is 46.4 Å². The first-order valence-electron chi connectivity index (χ1n) is 8.53. The molecule has 8 heteroatoms. The summed E-state index contributed by atoms with van der Waals surface area (Å²) in [5.41, 5.74) is 2.47. The lowest BCUT2D eigenvalue weighted by molar-refractivity contribution is 0.284. The van der Waals surface area contributed by atoms with Crippen molar-refractivity contribution in [2.24, 2.45) is 0 Å². The van der Waals surface area contributed by atoms with Crippen LogP contribution in [0.25, 0.3) is 0 Å². The van der Waals surface area contributed by atoms with Gasteiger partial charge in [-0.05, 0) is 42.0 Å². The second-order valence-electron chi connectivity index (χ2n) is 6.15. The van der Waals surface area contributed by atoms with Crippen molar-refractivity contribution in [3.8, 4) is 17.2 Å². The number of methoxy groups -OCH3 is 1. The Morgan fingerprint density at radius 1 is 0.862 bits per heavy atom. The quantitative estimate of drug-likeness (QED) is 0.357. The van der Waals surface area contributed by atoms with Crippen LogP contribution in [0.15, 0.2) is 48.5 Å². The molecule has 3 aromatic carbocycles. The van der Waals surface area contributed by atoms with Crippen LogP contribution in [0.5, 0.6) is 17.2 Å². The van der Waals surface area contributed by atoms with Gasteiger partial charge in [0.15, 0.2) is 17.2 Å². The van der Waals surface area contributed by atoms with Crippen LogP contribution in [-0.4, -0.2) is 12.2 Å². The fourth-order valence-electron chi connectivity index (χ4n) is 2.61. The number of phenols is 1. The van der Waals surface area contributed by atoms with E-state index < -0.39 is 0 Å². The molecule has 0 saturated carbocycles. The lowest BCUT2D eigenvalue weighted by Gasteiger charge is -2.14. The summed E-state index contributed by atoms with van der Waals surface area (Å²) < 4.78 is 11.3. The van der Waals surface area contributed by atoms with Gasteiger partial charge < -0.3 is 19.9 Å². The van der Waals surface area contributed by atoms with Gasteiger partial charge in [0.05, 0.1) is 17.2 Å². The summed E-state index contributed by atoms with van der Waals surface area (Å²) in [6.07, 6.45) is 0. The molecule has 2 N–H and O–H groups in total. The molecular formula is C21H17Cl4NO3. The van der Waals surface area contributed by atoms with Crippen molar-refractivity contribution in [2.45, 2.75) is 13.2 Å². The Bertz CT molecular complexity index is 1000. The summed E-state index contributed by atoms with van der Waals surface area (Å²) in [6, 6.07) is 14.1. The zero-order valence-corrected chi connectivity index (χ0v) is 18.3. The third-order valence-corrected chi connectivity index (χ3v) is 5.30. The maximum Gasteiger partial charge on any atom is 0.161 e. The van der Waals surface area contributed by atoms with Gasteiger partial charge in [-0.3, -0.25) is 0 Å². The van der Waals surface area contributed by atoms with Crippen molar-refractivity contribution in [3.63, 3.8) is 0 Å². The molecule has 0 atom stereocenters. The predicted octanol–water partition coefficient (Wildman–Crippen LogP) is 7.21. The van der Waals surface area contributed by atoms with E-state index in [2.05, 4.69) is 5.32 Å². The van der Waals surface area contributed by atoms with E-state index >= 15 is 0 Å². The molecule has 0 bridgehead atoms. The van der Waals surface area contributed by atoms with Crippen LogP contribution in [0.3, 0.4) is 0 Å². The molecule has 0 aliphatic carbocycles. The molecule has 0 heterocycles. The summed E-state index contributed by atoms with van der Waals surface area (Å²) in [4.78, 5) is 0. The third-order valence-electron chi connectivity index (χ3n) is 4.14. The SMILES string of the molecule is COc1cc(CNc2cc(Cl)c(O)c(Cl)c2)ccc1OCc1ccc(Cl)cc1Cl. The molecule has 0 aromatic heterocycles. The topological polar surface area (TPSA) is 50.7 Å². The van der Waals surface area contributed by atoms with E-state index in [0.29, 0.717) is 33.8 Å². The van der Waals surface area contributed by atoms with E-state index in [1.165, 1.54) is 0 Å². The van der Waals surface area contributed by atoms with E-state index in [0.717, 1.165) is 11.1 Å². The van der Waals surface area contributed by atoms with Crippen LogP contribution in [-0.2, 0) is 13.2 Å². The highest BCUT2D eigenvalue weighted by Crippen LogP contribution is 2.35. The van der Waals surface area contributed by atoms with Gasteiger partial charge in [0.2, 0.25) is 0 Å². The molecule has 0 fully saturated rings. The number of aromatic hydroxyl groups is 1. The number of anilines is 1. The molecule has 152 valence electrons. The van der Waals surface area contributed by atoms with Crippen molar-refractivity contribution < 1.29 is 14.6 Å². The van der Waals surface area contributed by atoms with Gasteiger partial charge in [-0.2, -0.15) is 0 Å². The van der Waals surface area contributed by atoms with Crippen molar-refractivity contribution >= 4 is 52.1 Å². The van der Waals surface area contributed by atoms with Gasteiger partial charge in [0.1, 0.15) is 6.61 Å². The Morgan fingerprint density at radius 3 is 2.24 bits per heavy atom. The molecule has 3 rings (SSSR count). The van der Waals surface area contributed by atoms with Crippen molar-refractivity contribution in [1.29, 1.82) is 0 Å². The molecule has 0 amide bonds. The summed E-state index contributed by atoms with van der Waals surface area (Å²) >= 11 is 24.0. The summed E-state index contributed by atoms with van der Waals surface area (Å²) in [7, 11) is 1.58. The van der Waals surface area contributed by atoms with E-state index in [-0.39, 0.29) is 22.4 Å². The van der Waals surface area contributed by atoms with Crippen molar-refractivity contribution in [3.05, 3.63) is 79.7 Å². The monoisotopic (exact) mass is 471 g/mol. The maximum atomic E-state index is 9.64. The number of benzene rings is 3. The number of halogens is 4. The highest BCUT2D eigenvalue weighted by atomic mass is 35.5. The van der Waals surface area contributed by atoms with Gasteiger partial charge in [-0.15, -0.1) is 0 Å². The molecule has 0 aliphatic rings. The maximum absolute atomic E-state index is 9.64. The molecule has 0 saturated heterocycles.